The standard InChI is InChI=1S/C11H6Br2ClNOS/c12-6-4-5-17-10(6)11(16)15-8-3-1-2-7(14)9(8)13/h1-5H,(H,15,16). The molecule has 0 bridgehead atoms. The molecule has 0 aliphatic carbocycles. The molecule has 2 aromatic rings. The van der Waals surface area contributed by atoms with E-state index in [0.29, 0.717) is 20.1 Å². The molecule has 1 aromatic carbocycles. The van der Waals surface area contributed by atoms with Gasteiger partial charge < -0.3 is 5.32 Å². The summed E-state index contributed by atoms with van der Waals surface area (Å²) < 4.78 is 1.47. The number of nitrogens with one attached hydrogen (secondary N) is 1. The zero-order chi connectivity index (χ0) is 12.4. The average Bonchev–Trinajstić information content (AvgIpc) is 2.71. The fourth-order valence-corrected chi connectivity index (χ4v) is 3.22. The summed E-state index contributed by atoms with van der Waals surface area (Å²) in [5.74, 6) is -0.158. The van der Waals surface area contributed by atoms with Crippen LogP contribution >= 0.6 is 54.8 Å². The lowest BCUT2D eigenvalue weighted by Gasteiger charge is -2.07. The highest BCUT2D eigenvalue weighted by atomic mass is 79.9. The summed E-state index contributed by atoms with van der Waals surface area (Å²) in [4.78, 5) is 12.6. The van der Waals surface area contributed by atoms with Gasteiger partial charge in [-0.15, -0.1) is 11.3 Å². The zero-order valence-corrected chi connectivity index (χ0v) is 13.1. The van der Waals surface area contributed by atoms with Gasteiger partial charge in [-0.25, -0.2) is 0 Å². The van der Waals surface area contributed by atoms with E-state index in [1.165, 1.54) is 11.3 Å². The normalized spacial score (nSPS) is 10.3. The van der Waals surface area contributed by atoms with Gasteiger partial charge in [-0.1, -0.05) is 17.7 Å². The Bertz CT molecular complexity index is 570. The maximum Gasteiger partial charge on any atom is 0.266 e. The molecule has 2 rings (SSSR count). The smallest absolute Gasteiger partial charge is 0.266 e. The summed E-state index contributed by atoms with van der Waals surface area (Å²) >= 11 is 14.0. The number of thiophene rings is 1. The van der Waals surface area contributed by atoms with Crippen LogP contribution in [0, 0.1) is 0 Å². The number of hydrogen-bond acceptors (Lipinski definition) is 2. The third-order valence-corrected chi connectivity index (χ3v) is 5.26. The van der Waals surface area contributed by atoms with E-state index in [2.05, 4.69) is 37.2 Å². The fraction of sp³-hybridized carbons (Fsp3) is 0. The zero-order valence-electron chi connectivity index (χ0n) is 8.34. The van der Waals surface area contributed by atoms with Gasteiger partial charge in [-0.2, -0.15) is 0 Å². The first-order chi connectivity index (χ1) is 8.09. The molecule has 88 valence electrons. The van der Waals surface area contributed by atoms with E-state index < -0.39 is 0 Å². The number of carbonyl (C=O) groups is 1. The number of rotatable bonds is 2. The van der Waals surface area contributed by atoms with E-state index >= 15 is 0 Å². The van der Waals surface area contributed by atoms with Crippen LogP contribution in [0.5, 0.6) is 0 Å². The highest BCUT2D eigenvalue weighted by Gasteiger charge is 2.13. The van der Waals surface area contributed by atoms with Crippen LogP contribution in [0.2, 0.25) is 5.02 Å². The quantitative estimate of drug-likeness (QED) is 0.746. The Morgan fingerprint density at radius 3 is 2.71 bits per heavy atom. The maximum absolute atomic E-state index is 12.0. The lowest BCUT2D eigenvalue weighted by molar-refractivity contribution is 0.103. The predicted octanol–water partition coefficient (Wildman–Crippen LogP) is 5.18. The third kappa shape index (κ3) is 2.91. The van der Waals surface area contributed by atoms with Crippen molar-refractivity contribution in [3.8, 4) is 0 Å². The van der Waals surface area contributed by atoms with Crippen LogP contribution in [-0.2, 0) is 0 Å². The summed E-state index contributed by atoms with van der Waals surface area (Å²) in [5.41, 5.74) is 0.655. The Kier molecular flexibility index (Phi) is 4.25. The highest BCUT2D eigenvalue weighted by molar-refractivity contribution is 9.11. The van der Waals surface area contributed by atoms with Gasteiger partial charge in [0.2, 0.25) is 0 Å². The van der Waals surface area contributed by atoms with E-state index in [9.17, 15) is 4.79 Å². The van der Waals surface area contributed by atoms with Crippen molar-refractivity contribution in [2.75, 3.05) is 5.32 Å². The van der Waals surface area contributed by atoms with Crippen molar-refractivity contribution in [2.45, 2.75) is 0 Å². The summed E-state index contributed by atoms with van der Waals surface area (Å²) in [6.45, 7) is 0. The topological polar surface area (TPSA) is 29.1 Å². The van der Waals surface area contributed by atoms with Crippen molar-refractivity contribution >= 4 is 66.4 Å². The van der Waals surface area contributed by atoms with Crippen LogP contribution in [0.4, 0.5) is 5.69 Å². The molecule has 0 atom stereocenters. The molecule has 0 aliphatic rings. The predicted molar refractivity (Wildman–Crippen MR) is 79.1 cm³/mol. The molecular formula is C11H6Br2ClNOS. The fourth-order valence-electron chi connectivity index (χ4n) is 1.24. The molecule has 1 aromatic heterocycles. The minimum atomic E-state index is -0.158. The number of amides is 1. The Morgan fingerprint density at radius 1 is 1.29 bits per heavy atom. The molecule has 1 N–H and O–H groups in total. The second-order valence-corrected chi connectivity index (χ2v) is 6.12. The molecule has 1 heterocycles. The average molecular weight is 396 g/mol. The van der Waals surface area contributed by atoms with Crippen LogP contribution in [0.15, 0.2) is 38.6 Å². The van der Waals surface area contributed by atoms with Crippen molar-refractivity contribution in [3.63, 3.8) is 0 Å². The molecule has 0 fully saturated rings. The number of carbonyl (C=O) groups excluding carboxylic acids is 1. The molecule has 0 spiro atoms. The molecule has 0 unspecified atom stereocenters. The lowest BCUT2D eigenvalue weighted by atomic mass is 10.3. The first-order valence-electron chi connectivity index (χ1n) is 4.58. The van der Waals surface area contributed by atoms with E-state index in [1.807, 2.05) is 11.4 Å². The Balaban J connectivity index is 2.25. The van der Waals surface area contributed by atoms with E-state index in [4.69, 9.17) is 11.6 Å². The third-order valence-electron chi connectivity index (χ3n) is 2.02. The largest absolute Gasteiger partial charge is 0.320 e. The van der Waals surface area contributed by atoms with Crippen LogP contribution < -0.4 is 5.32 Å². The van der Waals surface area contributed by atoms with E-state index in [-0.39, 0.29) is 5.91 Å². The maximum atomic E-state index is 12.0. The molecular weight excluding hydrogens is 389 g/mol. The van der Waals surface area contributed by atoms with Gasteiger partial charge in [0, 0.05) is 4.47 Å². The summed E-state index contributed by atoms with van der Waals surface area (Å²) in [7, 11) is 0. The van der Waals surface area contributed by atoms with Gasteiger partial charge in [0.05, 0.1) is 15.2 Å². The number of benzene rings is 1. The highest BCUT2D eigenvalue weighted by Crippen LogP contribution is 2.31. The van der Waals surface area contributed by atoms with Crippen LogP contribution in [0.3, 0.4) is 0 Å². The molecule has 0 saturated carbocycles. The van der Waals surface area contributed by atoms with E-state index in [1.54, 1.807) is 18.2 Å². The number of hydrogen-bond donors (Lipinski definition) is 1. The second kappa shape index (κ2) is 5.52. The lowest BCUT2D eigenvalue weighted by Crippen LogP contribution is -2.11. The van der Waals surface area contributed by atoms with Gasteiger partial charge >= 0.3 is 0 Å². The minimum Gasteiger partial charge on any atom is -0.320 e. The Morgan fingerprint density at radius 2 is 2.06 bits per heavy atom. The first kappa shape index (κ1) is 13.1. The SMILES string of the molecule is O=C(Nc1cccc(Cl)c1Br)c1sccc1Br. The molecule has 0 aliphatic heterocycles. The van der Waals surface area contributed by atoms with Crippen molar-refractivity contribution < 1.29 is 4.79 Å². The van der Waals surface area contributed by atoms with Gasteiger partial charge in [-0.05, 0) is 55.4 Å². The van der Waals surface area contributed by atoms with Gasteiger partial charge in [0.15, 0.2) is 0 Å². The monoisotopic (exact) mass is 393 g/mol. The first-order valence-corrected chi connectivity index (χ1v) is 7.42. The van der Waals surface area contributed by atoms with Crippen molar-refractivity contribution in [2.24, 2.45) is 0 Å². The van der Waals surface area contributed by atoms with Crippen LogP contribution in [-0.4, -0.2) is 5.91 Å². The van der Waals surface area contributed by atoms with Gasteiger partial charge in [0.1, 0.15) is 4.88 Å². The molecule has 6 heteroatoms. The Labute approximate surface area is 124 Å². The van der Waals surface area contributed by atoms with Crippen molar-refractivity contribution in [1.82, 2.24) is 0 Å². The molecule has 1 amide bonds. The van der Waals surface area contributed by atoms with Crippen molar-refractivity contribution in [3.05, 3.63) is 48.5 Å². The molecule has 2 nitrogen and oxygen atoms in total. The molecule has 0 radical (unpaired) electrons. The number of anilines is 1. The van der Waals surface area contributed by atoms with Crippen molar-refractivity contribution in [1.29, 1.82) is 0 Å². The van der Waals surface area contributed by atoms with Crippen LogP contribution in [0.1, 0.15) is 9.67 Å². The summed E-state index contributed by atoms with van der Waals surface area (Å²) in [5, 5.41) is 5.22. The minimum absolute atomic E-state index is 0.158. The van der Waals surface area contributed by atoms with Crippen LogP contribution in [0.25, 0.3) is 0 Å². The number of halogens is 3. The molecule has 0 saturated heterocycles. The van der Waals surface area contributed by atoms with Gasteiger partial charge in [0.25, 0.3) is 5.91 Å². The Hall–Kier alpha value is -0.360. The van der Waals surface area contributed by atoms with E-state index in [0.717, 1.165) is 4.47 Å². The van der Waals surface area contributed by atoms with Gasteiger partial charge in [-0.3, -0.25) is 4.79 Å². The molecule has 17 heavy (non-hydrogen) atoms. The summed E-state index contributed by atoms with van der Waals surface area (Å²) in [6.07, 6.45) is 0. The summed E-state index contributed by atoms with van der Waals surface area (Å²) in [6, 6.07) is 7.16. The second-order valence-electron chi connectivity index (χ2n) is 3.15.